The zero-order valence-electron chi connectivity index (χ0n) is 7.90. The van der Waals surface area contributed by atoms with E-state index in [4.69, 9.17) is 0 Å². The Kier molecular flexibility index (Phi) is 3.96. The fraction of sp³-hybridized carbons (Fsp3) is 1.00. The normalized spacial score (nSPS) is 24.5. The number of rotatable bonds is 2. The van der Waals surface area contributed by atoms with Gasteiger partial charge in [-0.25, -0.2) is 8.42 Å². The molecule has 0 amide bonds. The van der Waals surface area contributed by atoms with E-state index in [1.54, 1.807) is 11.2 Å². The van der Waals surface area contributed by atoms with Gasteiger partial charge in [-0.3, -0.25) is 0 Å². The minimum absolute atomic E-state index is 0.325. The highest BCUT2D eigenvalue weighted by Crippen LogP contribution is 2.16. The number of piperazine rings is 1. The molecule has 1 atom stereocenters. The van der Waals surface area contributed by atoms with Gasteiger partial charge in [0.25, 0.3) is 0 Å². The molecule has 1 heterocycles. The minimum atomic E-state index is -3.03. The SMILES string of the molecule is CC(I)S(=O)(=O)N1CCN(C)CC1. The Morgan fingerprint density at radius 3 is 2.08 bits per heavy atom. The van der Waals surface area contributed by atoms with E-state index in [0.29, 0.717) is 13.1 Å². The Hall–Kier alpha value is 0.600. The first kappa shape index (κ1) is 11.7. The van der Waals surface area contributed by atoms with Crippen molar-refractivity contribution in [1.29, 1.82) is 0 Å². The van der Waals surface area contributed by atoms with E-state index in [9.17, 15) is 8.42 Å². The minimum Gasteiger partial charge on any atom is -0.304 e. The molecule has 1 aliphatic rings. The van der Waals surface area contributed by atoms with E-state index in [2.05, 4.69) is 4.90 Å². The molecule has 0 aromatic rings. The lowest BCUT2D eigenvalue weighted by Crippen LogP contribution is -2.48. The molecule has 0 N–H and O–H groups in total. The van der Waals surface area contributed by atoms with Gasteiger partial charge < -0.3 is 4.90 Å². The predicted molar refractivity (Wildman–Crippen MR) is 61.5 cm³/mol. The van der Waals surface area contributed by atoms with Crippen LogP contribution >= 0.6 is 22.6 Å². The third-order valence-corrected chi connectivity index (χ3v) is 6.07. The third kappa shape index (κ3) is 2.77. The van der Waals surface area contributed by atoms with Crippen molar-refractivity contribution in [3.63, 3.8) is 0 Å². The second kappa shape index (κ2) is 4.41. The van der Waals surface area contributed by atoms with Crippen LogP contribution in [0.2, 0.25) is 0 Å². The zero-order valence-corrected chi connectivity index (χ0v) is 10.9. The summed E-state index contributed by atoms with van der Waals surface area (Å²) < 4.78 is 24.6. The van der Waals surface area contributed by atoms with Crippen LogP contribution in [-0.4, -0.2) is 54.1 Å². The van der Waals surface area contributed by atoms with Crippen LogP contribution in [0, 0.1) is 0 Å². The van der Waals surface area contributed by atoms with Gasteiger partial charge in [0, 0.05) is 26.2 Å². The Morgan fingerprint density at radius 2 is 1.69 bits per heavy atom. The van der Waals surface area contributed by atoms with Gasteiger partial charge in [0.1, 0.15) is 3.26 Å². The lowest BCUT2D eigenvalue weighted by molar-refractivity contribution is 0.222. The summed E-state index contributed by atoms with van der Waals surface area (Å²) in [6.07, 6.45) is 0. The van der Waals surface area contributed by atoms with Gasteiger partial charge >= 0.3 is 0 Å². The number of nitrogens with zero attached hydrogens (tertiary/aromatic N) is 2. The van der Waals surface area contributed by atoms with Crippen LogP contribution in [0.25, 0.3) is 0 Å². The molecule has 0 aromatic carbocycles. The maximum absolute atomic E-state index is 11.7. The lowest BCUT2D eigenvalue weighted by atomic mass is 10.4. The topological polar surface area (TPSA) is 40.6 Å². The molecule has 1 rings (SSSR count). The fourth-order valence-corrected chi connectivity index (χ4v) is 3.30. The summed E-state index contributed by atoms with van der Waals surface area (Å²) in [5.41, 5.74) is 0. The molecule has 1 unspecified atom stereocenters. The van der Waals surface area contributed by atoms with Crippen LogP contribution in [0.15, 0.2) is 0 Å². The molecule has 0 spiro atoms. The Bertz CT molecular complexity index is 258. The standard InChI is InChI=1S/C7H15IN2O2S/c1-7(8)13(11,12)10-5-3-9(2)4-6-10/h7H,3-6H2,1-2H3. The van der Waals surface area contributed by atoms with Crippen molar-refractivity contribution in [2.75, 3.05) is 33.2 Å². The Balaban J connectivity index is 2.64. The van der Waals surface area contributed by atoms with E-state index in [1.165, 1.54) is 0 Å². The molecule has 1 fully saturated rings. The van der Waals surface area contributed by atoms with E-state index in [-0.39, 0.29) is 3.26 Å². The lowest BCUT2D eigenvalue weighted by Gasteiger charge is -2.32. The maximum atomic E-state index is 11.7. The van der Waals surface area contributed by atoms with Crippen LogP contribution in [0.5, 0.6) is 0 Å². The second-order valence-electron chi connectivity index (χ2n) is 3.29. The highest BCUT2D eigenvalue weighted by Gasteiger charge is 2.28. The van der Waals surface area contributed by atoms with Crippen LogP contribution < -0.4 is 0 Å². The van der Waals surface area contributed by atoms with Crippen molar-refractivity contribution in [2.24, 2.45) is 0 Å². The van der Waals surface area contributed by atoms with Crippen LogP contribution in [0.4, 0.5) is 0 Å². The van der Waals surface area contributed by atoms with Gasteiger partial charge in [-0.1, -0.05) is 22.6 Å². The molecule has 13 heavy (non-hydrogen) atoms. The van der Waals surface area contributed by atoms with Crippen molar-refractivity contribution >= 4 is 32.6 Å². The van der Waals surface area contributed by atoms with Gasteiger partial charge in [-0.2, -0.15) is 4.31 Å². The Labute approximate surface area is 93.5 Å². The first-order valence-electron chi connectivity index (χ1n) is 4.26. The zero-order chi connectivity index (χ0) is 10.1. The van der Waals surface area contributed by atoms with Crippen molar-refractivity contribution in [3.05, 3.63) is 0 Å². The molecule has 0 aliphatic carbocycles. The highest BCUT2D eigenvalue weighted by molar-refractivity contribution is 14.1. The summed E-state index contributed by atoms with van der Waals surface area (Å²) in [4.78, 5) is 2.14. The quantitative estimate of drug-likeness (QED) is 0.545. The Morgan fingerprint density at radius 1 is 1.23 bits per heavy atom. The summed E-state index contributed by atoms with van der Waals surface area (Å²) in [6, 6.07) is 0. The molecule has 78 valence electrons. The van der Waals surface area contributed by atoms with E-state index >= 15 is 0 Å². The van der Waals surface area contributed by atoms with Gasteiger partial charge in [0.15, 0.2) is 0 Å². The molecule has 0 aromatic heterocycles. The van der Waals surface area contributed by atoms with Gasteiger partial charge in [0.2, 0.25) is 10.0 Å². The molecule has 0 radical (unpaired) electrons. The molecular formula is C7H15IN2O2S. The largest absolute Gasteiger partial charge is 0.304 e. The molecule has 0 saturated carbocycles. The number of hydrogen-bond acceptors (Lipinski definition) is 3. The molecule has 1 aliphatic heterocycles. The van der Waals surface area contributed by atoms with E-state index in [1.807, 2.05) is 29.6 Å². The predicted octanol–water partition coefficient (Wildman–Crippen LogP) is 0.345. The summed E-state index contributed by atoms with van der Waals surface area (Å²) in [6.45, 7) is 4.65. The maximum Gasteiger partial charge on any atom is 0.226 e. The van der Waals surface area contributed by atoms with Crippen molar-refractivity contribution < 1.29 is 8.42 Å². The number of halogens is 1. The van der Waals surface area contributed by atoms with Gasteiger partial charge in [-0.05, 0) is 14.0 Å². The monoisotopic (exact) mass is 318 g/mol. The fourth-order valence-electron chi connectivity index (χ4n) is 1.25. The smallest absolute Gasteiger partial charge is 0.226 e. The third-order valence-electron chi connectivity index (χ3n) is 2.23. The molecule has 0 bridgehead atoms. The number of sulfonamides is 1. The van der Waals surface area contributed by atoms with Gasteiger partial charge in [0.05, 0.1) is 0 Å². The molecule has 1 saturated heterocycles. The van der Waals surface area contributed by atoms with Crippen molar-refractivity contribution in [3.8, 4) is 0 Å². The first-order valence-corrected chi connectivity index (χ1v) is 7.01. The highest BCUT2D eigenvalue weighted by atomic mass is 127. The van der Waals surface area contributed by atoms with Crippen molar-refractivity contribution in [1.82, 2.24) is 9.21 Å². The number of hydrogen-bond donors (Lipinski definition) is 0. The van der Waals surface area contributed by atoms with Crippen LogP contribution in [0.1, 0.15) is 6.92 Å². The molecular weight excluding hydrogens is 303 g/mol. The number of likely N-dealkylation sites (N-methyl/N-ethyl adjacent to an activating group) is 1. The number of alkyl halides is 1. The average Bonchev–Trinajstić information content (AvgIpc) is 2.04. The summed E-state index contributed by atoms with van der Waals surface area (Å²) >= 11 is 1.95. The van der Waals surface area contributed by atoms with Crippen LogP contribution in [0.3, 0.4) is 0 Å². The van der Waals surface area contributed by atoms with Gasteiger partial charge in [-0.15, -0.1) is 0 Å². The molecule has 4 nitrogen and oxygen atoms in total. The van der Waals surface area contributed by atoms with E-state index < -0.39 is 10.0 Å². The molecule has 6 heteroatoms. The average molecular weight is 318 g/mol. The first-order chi connectivity index (χ1) is 5.94. The van der Waals surface area contributed by atoms with Crippen molar-refractivity contribution in [2.45, 2.75) is 10.2 Å². The van der Waals surface area contributed by atoms with E-state index in [0.717, 1.165) is 13.1 Å². The van der Waals surface area contributed by atoms with Crippen LogP contribution in [-0.2, 0) is 10.0 Å². The summed E-state index contributed by atoms with van der Waals surface area (Å²) in [5.74, 6) is 0. The summed E-state index contributed by atoms with van der Waals surface area (Å²) in [7, 11) is -1.02. The summed E-state index contributed by atoms with van der Waals surface area (Å²) in [5, 5.41) is 0. The second-order valence-corrected chi connectivity index (χ2v) is 8.26.